The molecule has 0 fully saturated rings. The molecule has 0 atom stereocenters. The third-order valence-corrected chi connectivity index (χ3v) is 2.24. The van der Waals surface area contributed by atoms with Crippen LogP contribution in [-0.2, 0) is 4.79 Å². The van der Waals surface area contributed by atoms with Crippen molar-refractivity contribution in [3.8, 4) is 5.75 Å². The number of ether oxygens (including phenoxy) is 1. The molecule has 0 unspecified atom stereocenters. The number of hydrogen-bond acceptors (Lipinski definition) is 3. The van der Waals surface area contributed by atoms with Crippen LogP contribution in [0, 0.1) is 0 Å². The molecule has 2 heterocycles. The molecule has 0 bridgehead atoms. The van der Waals surface area contributed by atoms with E-state index in [1.807, 2.05) is 0 Å². The van der Waals surface area contributed by atoms with Crippen molar-refractivity contribution in [3.63, 3.8) is 0 Å². The van der Waals surface area contributed by atoms with E-state index in [-0.39, 0.29) is 0 Å². The molecule has 0 aromatic carbocycles. The number of nitrogens with zero attached hydrogens (tertiary/aromatic N) is 1. The topological polar surface area (TPSA) is 55.0 Å². The molecule has 15 heavy (non-hydrogen) atoms. The lowest BCUT2D eigenvalue weighted by Crippen LogP contribution is -1.88. The maximum atomic E-state index is 10.7. The van der Waals surface area contributed by atoms with E-state index in [1.165, 1.54) is 0 Å². The Balaban J connectivity index is 2.76. The van der Waals surface area contributed by atoms with Gasteiger partial charge in [-0.1, -0.05) is 6.58 Å². The summed E-state index contributed by atoms with van der Waals surface area (Å²) >= 11 is 0. The van der Waals surface area contributed by atoms with E-state index in [1.54, 1.807) is 25.6 Å². The van der Waals surface area contributed by atoms with E-state index >= 15 is 0 Å². The van der Waals surface area contributed by atoms with Gasteiger partial charge in [-0.05, 0) is 6.07 Å². The van der Waals surface area contributed by atoms with Gasteiger partial charge in [0, 0.05) is 23.5 Å². The van der Waals surface area contributed by atoms with Crippen molar-refractivity contribution in [1.29, 1.82) is 0 Å². The van der Waals surface area contributed by atoms with Crippen LogP contribution in [0.3, 0.4) is 0 Å². The number of fused-ring (bicyclic) bond motifs is 1. The van der Waals surface area contributed by atoms with Crippen molar-refractivity contribution < 1.29 is 9.53 Å². The fourth-order valence-electron chi connectivity index (χ4n) is 1.51. The number of carbonyl (C=O) groups is 1. The Morgan fingerprint density at radius 2 is 2.47 bits per heavy atom. The van der Waals surface area contributed by atoms with Crippen LogP contribution in [-0.4, -0.2) is 23.4 Å². The van der Waals surface area contributed by atoms with Crippen molar-refractivity contribution in [1.82, 2.24) is 9.97 Å². The summed E-state index contributed by atoms with van der Waals surface area (Å²) in [6, 6.07) is 1.75. The molecule has 2 rings (SSSR count). The number of hydrogen-bond donors (Lipinski definition) is 1. The van der Waals surface area contributed by atoms with Gasteiger partial charge in [-0.2, -0.15) is 0 Å². The number of aromatic amines is 1. The maximum Gasteiger partial charge on any atom is 0.150 e. The molecule has 0 aliphatic heterocycles. The van der Waals surface area contributed by atoms with Crippen molar-refractivity contribution >= 4 is 22.9 Å². The molecule has 4 nitrogen and oxygen atoms in total. The highest BCUT2D eigenvalue weighted by Crippen LogP contribution is 2.29. The molecule has 0 saturated heterocycles. The Hall–Kier alpha value is -2.10. The van der Waals surface area contributed by atoms with Crippen LogP contribution in [0.15, 0.2) is 25.0 Å². The zero-order chi connectivity index (χ0) is 10.8. The molecule has 0 spiro atoms. The molecular formula is C11H10N2O2. The van der Waals surface area contributed by atoms with Gasteiger partial charge in [-0.25, -0.2) is 4.98 Å². The minimum absolute atomic E-state index is 0.410. The Morgan fingerprint density at radius 3 is 3.13 bits per heavy atom. The van der Waals surface area contributed by atoms with E-state index in [2.05, 4.69) is 16.5 Å². The summed E-state index contributed by atoms with van der Waals surface area (Å²) in [7, 11) is 1.58. The van der Waals surface area contributed by atoms with Crippen LogP contribution in [0.1, 0.15) is 5.56 Å². The Bertz CT molecular complexity index is 528. The summed E-state index contributed by atoms with van der Waals surface area (Å²) in [6.45, 7) is 3.67. The molecule has 0 saturated carbocycles. The van der Waals surface area contributed by atoms with Gasteiger partial charge in [-0.3, -0.25) is 4.79 Å². The van der Waals surface area contributed by atoms with Gasteiger partial charge in [0.15, 0.2) is 0 Å². The van der Waals surface area contributed by atoms with Crippen molar-refractivity contribution in [2.75, 3.05) is 7.11 Å². The number of methoxy groups -OCH3 is 1. The molecule has 0 amide bonds. The molecular weight excluding hydrogens is 192 g/mol. The van der Waals surface area contributed by atoms with Crippen LogP contribution in [0.4, 0.5) is 0 Å². The summed E-state index contributed by atoms with van der Waals surface area (Å²) in [4.78, 5) is 17.8. The van der Waals surface area contributed by atoms with E-state index in [0.29, 0.717) is 17.0 Å². The first-order chi connectivity index (χ1) is 7.27. The Morgan fingerprint density at radius 1 is 1.67 bits per heavy atom. The van der Waals surface area contributed by atoms with Crippen LogP contribution < -0.4 is 4.74 Å². The molecule has 0 aliphatic carbocycles. The minimum Gasteiger partial charge on any atom is -0.496 e. The number of pyridine rings is 1. The lowest BCUT2D eigenvalue weighted by Gasteiger charge is -2.02. The summed E-state index contributed by atoms with van der Waals surface area (Å²) in [5.41, 5.74) is 1.82. The highest BCUT2D eigenvalue weighted by molar-refractivity contribution is 6.12. The molecule has 4 heteroatoms. The van der Waals surface area contributed by atoms with Crippen LogP contribution >= 0.6 is 0 Å². The second-order valence-electron chi connectivity index (χ2n) is 3.08. The monoisotopic (exact) mass is 202 g/mol. The third kappa shape index (κ3) is 1.40. The average molecular weight is 202 g/mol. The molecule has 2 aromatic rings. The van der Waals surface area contributed by atoms with E-state index in [9.17, 15) is 4.79 Å². The third-order valence-electron chi connectivity index (χ3n) is 2.24. The fourth-order valence-corrected chi connectivity index (χ4v) is 1.51. The van der Waals surface area contributed by atoms with Gasteiger partial charge in [-0.15, -0.1) is 0 Å². The minimum atomic E-state index is 0.410. The maximum absolute atomic E-state index is 10.7. The van der Waals surface area contributed by atoms with Crippen molar-refractivity contribution in [3.05, 3.63) is 30.6 Å². The van der Waals surface area contributed by atoms with Crippen LogP contribution in [0.2, 0.25) is 0 Å². The second kappa shape index (κ2) is 3.57. The first-order valence-electron chi connectivity index (χ1n) is 4.42. The number of aldehydes is 1. The van der Waals surface area contributed by atoms with Gasteiger partial charge < -0.3 is 9.72 Å². The fraction of sp³-hybridized carbons (Fsp3) is 0.0909. The molecule has 0 radical (unpaired) electrons. The van der Waals surface area contributed by atoms with Crippen LogP contribution in [0.25, 0.3) is 16.6 Å². The largest absolute Gasteiger partial charge is 0.496 e. The normalized spacial score (nSPS) is 10.2. The van der Waals surface area contributed by atoms with E-state index in [4.69, 9.17) is 4.74 Å². The zero-order valence-electron chi connectivity index (χ0n) is 8.28. The van der Waals surface area contributed by atoms with Crippen molar-refractivity contribution in [2.45, 2.75) is 0 Å². The second-order valence-corrected chi connectivity index (χ2v) is 3.08. The van der Waals surface area contributed by atoms with Gasteiger partial charge in [0.25, 0.3) is 0 Å². The molecule has 76 valence electrons. The smallest absolute Gasteiger partial charge is 0.150 e. The van der Waals surface area contributed by atoms with Crippen molar-refractivity contribution in [2.24, 2.45) is 0 Å². The first-order valence-corrected chi connectivity index (χ1v) is 4.42. The number of nitrogens with one attached hydrogen (secondary N) is 1. The van der Waals surface area contributed by atoms with Gasteiger partial charge in [0.05, 0.1) is 12.5 Å². The number of rotatable bonds is 3. The molecule has 1 N–H and O–H groups in total. The first kappa shape index (κ1) is 9.45. The van der Waals surface area contributed by atoms with Gasteiger partial charge in [0.2, 0.25) is 0 Å². The summed E-state index contributed by atoms with van der Waals surface area (Å²) in [5.74, 6) is 0.680. The zero-order valence-corrected chi connectivity index (χ0v) is 8.28. The Kier molecular flexibility index (Phi) is 2.25. The van der Waals surface area contributed by atoms with E-state index < -0.39 is 0 Å². The SMILES string of the molecule is C=C(C=O)c1c[nH]c2nccc(OC)c12. The quantitative estimate of drug-likeness (QED) is 0.609. The number of aromatic nitrogens is 2. The highest BCUT2D eigenvalue weighted by atomic mass is 16.5. The lowest BCUT2D eigenvalue weighted by atomic mass is 10.1. The molecule has 2 aromatic heterocycles. The number of H-pyrrole nitrogens is 1. The summed E-state index contributed by atoms with van der Waals surface area (Å²) in [5, 5.41) is 0.789. The van der Waals surface area contributed by atoms with Gasteiger partial charge in [0.1, 0.15) is 17.7 Å². The van der Waals surface area contributed by atoms with Gasteiger partial charge >= 0.3 is 0 Å². The highest BCUT2D eigenvalue weighted by Gasteiger charge is 2.11. The summed E-state index contributed by atoms with van der Waals surface area (Å²) < 4.78 is 5.20. The average Bonchev–Trinajstić information content (AvgIpc) is 2.71. The number of carbonyl (C=O) groups excluding carboxylic acids is 1. The van der Waals surface area contributed by atoms with E-state index in [0.717, 1.165) is 17.2 Å². The lowest BCUT2D eigenvalue weighted by molar-refractivity contribution is -0.103. The number of allylic oxidation sites excluding steroid dienone is 1. The Labute approximate surface area is 86.6 Å². The molecule has 0 aliphatic rings. The predicted molar refractivity (Wildman–Crippen MR) is 57.7 cm³/mol. The predicted octanol–water partition coefficient (Wildman–Crippen LogP) is 1.78. The standard InChI is InChI=1S/C11H10N2O2/c1-7(6-14)8-5-13-11-10(8)9(15-2)3-4-12-11/h3-6H,1H2,2H3,(H,12,13). The summed E-state index contributed by atoms with van der Waals surface area (Å²) in [6.07, 6.45) is 4.07. The van der Waals surface area contributed by atoms with Crippen LogP contribution in [0.5, 0.6) is 5.75 Å².